The zero-order chi connectivity index (χ0) is 15.6. The van der Waals surface area contributed by atoms with Crippen LogP contribution in [0.5, 0.6) is 0 Å². The third kappa shape index (κ3) is 3.01. The van der Waals surface area contributed by atoms with Crippen molar-refractivity contribution in [1.29, 1.82) is 0 Å². The van der Waals surface area contributed by atoms with Gasteiger partial charge in [-0.25, -0.2) is 0 Å². The van der Waals surface area contributed by atoms with Crippen LogP contribution >= 0.6 is 0 Å². The van der Waals surface area contributed by atoms with Gasteiger partial charge in [0.15, 0.2) is 0 Å². The number of hydrogen-bond donors (Lipinski definition) is 2. The van der Waals surface area contributed by atoms with Gasteiger partial charge in [-0.05, 0) is 42.7 Å². The van der Waals surface area contributed by atoms with Crippen molar-refractivity contribution in [3.8, 4) is 0 Å². The number of hydrogen-bond acceptors (Lipinski definition) is 2. The maximum absolute atomic E-state index is 12.4. The molecule has 0 heterocycles. The highest BCUT2D eigenvalue weighted by atomic mass is 16.2. The fraction of sp³-hybridized carbons (Fsp3) is 0.222. The van der Waals surface area contributed by atoms with Gasteiger partial charge < -0.3 is 10.6 Å². The first-order chi connectivity index (χ1) is 10.6. The van der Waals surface area contributed by atoms with E-state index in [2.05, 4.69) is 10.6 Å². The summed E-state index contributed by atoms with van der Waals surface area (Å²) < 4.78 is 0. The zero-order valence-electron chi connectivity index (χ0n) is 12.4. The van der Waals surface area contributed by atoms with Gasteiger partial charge in [0.1, 0.15) is 0 Å². The second kappa shape index (κ2) is 5.64. The molecule has 2 aromatic carbocycles. The molecule has 4 heteroatoms. The van der Waals surface area contributed by atoms with Gasteiger partial charge in [0.2, 0.25) is 5.91 Å². The minimum Gasteiger partial charge on any atom is -0.343 e. The molecule has 0 bridgehead atoms. The molecule has 0 radical (unpaired) electrons. The zero-order valence-corrected chi connectivity index (χ0v) is 12.4. The smallest absolute Gasteiger partial charge is 0.251 e. The second-order valence-corrected chi connectivity index (χ2v) is 5.66. The summed E-state index contributed by atoms with van der Waals surface area (Å²) in [4.78, 5) is 23.4. The van der Waals surface area contributed by atoms with E-state index in [1.165, 1.54) is 6.92 Å². The molecule has 2 amide bonds. The van der Waals surface area contributed by atoms with Crippen LogP contribution in [0.25, 0.3) is 0 Å². The van der Waals surface area contributed by atoms with Gasteiger partial charge in [0.25, 0.3) is 5.91 Å². The summed E-state index contributed by atoms with van der Waals surface area (Å²) in [5.41, 5.74) is 2.22. The minimum absolute atomic E-state index is 0.0873. The van der Waals surface area contributed by atoms with Gasteiger partial charge in [-0.15, -0.1) is 0 Å². The predicted octanol–water partition coefficient (Wildman–Crippen LogP) is 3.06. The van der Waals surface area contributed by atoms with Crippen molar-refractivity contribution in [2.75, 3.05) is 5.32 Å². The first-order valence-electron chi connectivity index (χ1n) is 7.35. The van der Waals surface area contributed by atoms with Crippen LogP contribution in [0, 0.1) is 0 Å². The van der Waals surface area contributed by atoms with Crippen LogP contribution < -0.4 is 10.6 Å². The van der Waals surface area contributed by atoms with E-state index in [0.717, 1.165) is 18.4 Å². The molecule has 0 spiro atoms. The van der Waals surface area contributed by atoms with E-state index in [-0.39, 0.29) is 17.4 Å². The van der Waals surface area contributed by atoms with Crippen molar-refractivity contribution in [1.82, 2.24) is 5.32 Å². The van der Waals surface area contributed by atoms with E-state index in [1.54, 1.807) is 24.3 Å². The molecule has 0 atom stereocenters. The number of anilines is 1. The van der Waals surface area contributed by atoms with Crippen molar-refractivity contribution in [3.05, 3.63) is 65.7 Å². The Kier molecular flexibility index (Phi) is 3.67. The summed E-state index contributed by atoms with van der Waals surface area (Å²) in [6, 6.07) is 17.0. The molecule has 4 nitrogen and oxygen atoms in total. The first-order valence-corrected chi connectivity index (χ1v) is 7.35. The average Bonchev–Trinajstić information content (AvgIpc) is 3.29. The molecule has 1 aliphatic carbocycles. The van der Waals surface area contributed by atoms with Gasteiger partial charge in [-0.2, -0.15) is 0 Å². The summed E-state index contributed by atoms with van der Waals surface area (Å²) in [5.74, 6) is -0.214. The standard InChI is InChI=1S/C18H18N2O2/c1-13(21)19-16-9-7-14(8-10-16)17(22)20-18(11-12-18)15-5-3-2-4-6-15/h2-10H,11-12H2,1H3,(H,19,21)(H,20,22). The molecule has 2 N–H and O–H groups in total. The Morgan fingerprint density at radius 3 is 2.14 bits per heavy atom. The number of benzene rings is 2. The minimum atomic E-state index is -0.214. The molecule has 2 aromatic rings. The quantitative estimate of drug-likeness (QED) is 0.910. The number of rotatable bonds is 4. The molecule has 112 valence electrons. The summed E-state index contributed by atoms with van der Waals surface area (Å²) in [6.45, 7) is 1.46. The Labute approximate surface area is 129 Å². The van der Waals surface area contributed by atoms with Crippen LogP contribution in [0.4, 0.5) is 5.69 Å². The number of amides is 2. The van der Waals surface area contributed by atoms with E-state index < -0.39 is 0 Å². The number of nitrogens with one attached hydrogen (secondary N) is 2. The van der Waals surface area contributed by atoms with Crippen molar-refractivity contribution < 1.29 is 9.59 Å². The molecule has 0 aromatic heterocycles. The van der Waals surface area contributed by atoms with Gasteiger partial charge in [-0.1, -0.05) is 30.3 Å². The molecule has 22 heavy (non-hydrogen) atoms. The maximum atomic E-state index is 12.4. The van der Waals surface area contributed by atoms with Crippen molar-refractivity contribution in [2.24, 2.45) is 0 Å². The lowest BCUT2D eigenvalue weighted by Crippen LogP contribution is -2.34. The molecule has 0 saturated heterocycles. The summed E-state index contributed by atoms with van der Waals surface area (Å²) in [7, 11) is 0. The fourth-order valence-corrected chi connectivity index (χ4v) is 2.57. The Morgan fingerprint density at radius 2 is 1.59 bits per heavy atom. The SMILES string of the molecule is CC(=O)Nc1ccc(C(=O)NC2(c3ccccc3)CC2)cc1. The molecule has 0 aliphatic heterocycles. The monoisotopic (exact) mass is 294 g/mol. The van der Waals surface area contributed by atoms with Gasteiger partial charge in [0, 0.05) is 18.2 Å². The van der Waals surface area contributed by atoms with E-state index >= 15 is 0 Å². The van der Waals surface area contributed by atoms with Crippen LogP contribution in [0.2, 0.25) is 0 Å². The highest BCUT2D eigenvalue weighted by Crippen LogP contribution is 2.45. The van der Waals surface area contributed by atoms with Crippen molar-refractivity contribution in [2.45, 2.75) is 25.3 Å². The Morgan fingerprint density at radius 1 is 0.955 bits per heavy atom. The summed E-state index contributed by atoms with van der Waals surface area (Å²) in [6.07, 6.45) is 1.93. The van der Waals surface area contributed by atoms with Crippen molar-refractivity contribution in [3.63, 3.8) is 0 Å². The average molecular weight is 294 g/mol. The van der Waals surface area contributed by atoms with Crippen LogP contribution in [0.15, 0.2) is 54.6 Å². The van der Waals surface area contributed by atoms with Crippen LogP contribution in [-0.4, -0.2) is 11.8 Å². The summed E-state index contributed by atoms with van der Waals surface area (Å²) >= 11 is 0. The topological polar surface area (TPSA) is 58.2 Å². The molecule has 1 aliphatic rings. The molecule has 1 saturated carbocycles. The Hall–Kier alpha value is -2.62. The van der Waals surface area contributed by atoms with Crippen LogP contribution in [-0.2, 0) is 10.3 Å². The Balaban J connectivity index is 1.71. The lowest BCUT2D eigenvalue weighted by molar-refractivity contribution is -0.114. The Bertz CT molecular complexity index is 689. The fourth-order valence-electron chi connectivity index (χ4n) is 2.57. The van der Waals surface area contributed by atoms with Gasteiger partial charge >= 0.3 is 0 Å². The van der Waals surface area contributed by atoms with Crippen LogP contribution in [0.3, 0.4) is 0 Å². The van der Waals surface area contributed by atoms with Crippen molar-refractivity contribution >= 4 is 17.5 Å². The normalized spacial score (nSPS) is 15.0. The predicted molar refractivity (Wildman–Crippen MR) is 85.6 cm³/mol. The highest BCUT2D eigenvalue weighted by Gasteiger charge is 2.45. The third-order valence-corrected chi connectivity index (χ3v) is 3.90. The lowest BCUT2D eigenvalue weighted by Gasteiger charge is -2.18. The van der Waals surface area contributed by atoms with Gasteiger partial charge in [-0.3, -0.25) is 9.59 Å². The summed E-state index contributed by atoms with van der Waals surface area (Å²) in [5, 5.41) is 5.82. The van der Waals surface area contributed by atoms with E-state index in [4.69, 9.17) is 0 Å². The van der Waals surface area contributed by atoms with Crippen LogP contribution in [0.1, 0.15) is 35.7 Å². The van der Waals surface area contributed by atoms with E-state index in [0.29, 0.717) is 11.3 Å². The van der Waals surface area contributed by atoms with E-state index in [9.17, 15) is 9.59 Å². The molecular weight excluding hydrogens is 276 g/mol. The van der Waals surface area contributed by atoms with E-state index in [1.807, 2.05) is 30.3 Å². The third-order valence-electron chi connectivity index (χ3n) is 3.90. The van der Waals surface area contributed by atoms with Gasteiger partial charge in [0.05, 0.1) is 5.54 Å². The highest BCUT2D eigenvalue weighted by molar-refractivity contribution is 5.96. The first kappa shape index (κ1) is 14.3. The number of carbonyl (C=O) groups excluding carboxylic acids is 2. The molecule has 3 rings (SSSR count). The molecular formula is C18H18N2O2. The number of carbonyl (C=O) groups is 2. The maximum Gasteiger partial charge on any atom is 0.251 e. The second-order valence-electron chi connectivity index (χ2n) is 5.66. The lowest BCUT2D eigenvalue weighted by atomic mass is 10.0. The molecule has 0 unspecified atom stereocenters. The molecule has 1 fully saturated rings. The largest absolute Gasteiger partial charge is 0.343 e.